The number of nitrogens with zero attached hydrogens (tertiary/aromatic N) is 1. The lowest BCUT2D eigenvalue weighted by Gasteiger charge is -2.41. The molecule has 6 heteroatoms. The Morgan fingerprint density at radius 3 is 2.30 bits per heavy atom. The van der Waals surface area contributed by atoms with Gasteiger partial charge in [0.2, 0.25) is 5.91 Å². The van der Waals surface area contributed by atoms with Crippen LogP contribution in [0.2, 0.25) is 0 Å². The van der Waals surface area contributed by atoms with Crippen molar-refractivity contribution in [2.24, 2.45) is 5.92 Å². The monoisotopic (exact) mass is 375 g/mol. The predicted octanol–water partition coefficient (Wildman–Crippen LogP) is 1.98. The van der Waals surface area contributed by atoms with Gasteiger partial charge < -0.3 is 15.4 Å². The zero-order chi connectivity index (χ0) is 20.0. The highest BCUT2D eigenvalue weighted by molar-refractivity contribution is 5.97. The van der Waals surface area contributed by atoms with Crippen LogP contribution < -0.4 is 10.6 Å². The first-order chi connectivity index (χ1) is 12.7. The van der Waals surface area contributed by atoms with Gasteiger partial charge in [0.25, 0.3) is 5.91 Å². The van der Waals surface area contributed by atoms with Crippen molar-refractivity contribution in [3.05, 3.63) is 35.4 Å². The van der Waals surface area contributed by atoms with E-state index in [0.717, 1.165) is 31.9 Å². The van der Waals surface area contributed by atoms with Gasteiger partial charge in [-0.05, 0) is 38.8 Å². The minimum atomic E-state index is -0.570. The van der Waals surface area contributed by atoms with Gasteiger partial charge in [-0.25, -0.2) is 0 Å². The van der Waals surface area contributed by atoms with Gasteiger partial charge in [-0.15, -0.1) is 0 Å². The Kier molecular flexibility index (Phi) is 7.39. The van der Waals surface area contributed by atoms with Crippen LogP contribution in [0.25, 0.3) is 0 Å². The molecule has 0 saturated carbocycles. The minimum absolute atomic E-state index is 0.00843. The second-order valence-electron chi connectivity index (χ2n) is 8.19. The summed E-state index contributed by atoms with van der Waals surface area (Å²) in [6.07, 6.45) is 0. The summed E-state index contributed by atoms with van der Waals surface area (Å²) >= 11 is 0. The number of morpholine rings is 1. The Balaban J connectivity index is 1.95. The van der Waals surface area contributed by atoms with Gasteiger partial charge in [-0.3, -0.25) is 14.5 Å². The molecule has 1 aromatic rings. The zero-order valence-corrected chi connectivity index (χ0v) is 17.2. The first-order valence-electron chi connectivity index (χ1n) is 9.69. The summed E-state index contributed by atoms with van der Waals surface area (Å²) in [5.74, 6) is -0.381. The maximum Gasteiger partial charge on any atom is 0.251 e. The van der Waals surface area contributed by atoms with E-state index in [1.807, 2.05) is 32.9 Å². The molecule has 2 amide bonds. The number of amides is 2. The van der Waals surface area contributed by atoms with Crippen molar-refractivity contribution in [2.45, 2.75) is 46.2 Å². The second-order valence-corrected chi connectivity index (χ2v) is 8.19. The highest BCUT2D eigenvalue weighted by atomic mass is 16.5. The van der Waals surface area contributed by atoms with E-state index in [1.165, 1.54) is 0 Å². The summed E-state index contributed by atoms with van der Waals surface area (Å²) in [7, 11) is 0. The van der Waals surface area contributed by atoms with Gasteiger partial charge in [0.05, 0.1) is 13.2 Å². The van der Waals surface area contributed by atoms with Crippen molar-refractivity contribution in [1.29, 1.82) is 0 Å². The van der Waals surface area contributed by atoms with Gasteiger partial charge >= 0.3 is 0 Å². The van der Waals surface area contributed by atoms with Crippen molar-refractivity contribution in [2.75, 3.05) is 32.8 Å². The third kappa shape index (κ3) is 6.04. The van der Waals surface area contributed by atoms with E-state index in [-0.39, 0.29) is 23.3 Å². The summed E-state index contributed by atoms with van der Waals surface area (Å²) in [5.41, 5.74) is 1.49. The topological polar surface area (TPSA) is 70.7 Å². The number of benzene rings is 1. The lowest BCUT2D eigenvalue weighted by atomic mass is 9.99. The average molecular weight is 376 g/mol. The van der Waals surface area contributed by atoms with Gasteiger partial charge in [0.1, 0.15) is 6.04 Å². The van der Waals surface area contributed by atoms with Crippen LogP contribution in [0.5, 0.6) is 0 Å². The Bertz CT molecular complexity index is 635. The molecule has 27 heavy (non-hydrogen) atoms. The van der Waals surface area contributed by atoms with E-state index in [2.05, 4.69) is 29.4 Å². The van der Waals surface area contributed by atoms with Gasteiger partial charge in [0.15, 0.2) is 0 Å². The summed E-state index contributed by atoms with van der Waals surface area (Å²) < 4.78 is 5.41. The molecule has 1 aliphatic heterocycles. The maximum absolute atomic E-state index is 12.8. The van der Waals surface area contributed by atoms with Crippen molar-refractivity contribution in [3.63, 3.8) is 0 Å². The van der Waals surface area contributed by atoms with Gasteiger partial charge in [-0.2, -0.15) is 0 Å². The summed E-state index contributed by atoms with van der Waals surface area (Å²) in [5, 5.41) is 5.91. The molecule has 1 aliphatic rings. The van der Waals surface area contributed by atoms with Gasteiger partial charge in [-0.1, -0.05) is 31.5 Å². The fourth-order valence-corrected chi connectivity index (χ4v) is 3.16. The third-order valence-electron chi connectivity index (χ3n) is 5.11. The number of aryl methyl sites for hydroxylation is 1. The molecule has 0 bridgehead atoms. The van der Waals surface area contributed by atoms with Gasteiger partial charge in [0, 0.05) is 30.7 Å². The van der Waals surface area contributed by atoms with Crippen molar-refractivity contribution >= 4 is 11.8 Å². The van der Waals surface area contributed by atoms with E-state index >= 15 is 0 Å². The Morgan fingerprint density at radius 2 is 1.74 bits per heavy atom. The normalized spacial score (nSPS) is 16.8. The molecule has 2 N–H and O–H groups in total. The van der Waals surface area contributed by atoms with Crippen molar-refractivity contribution in [1.82, 2.24) is 15.5 Å². The highest BCUT2D eigenvalue weighted by Gasteiger charge is 2.31. The Morgan fingerprint density at radius 1 is 1.15 bits per heavy atom. The first-order valence-corrected chi connectivity index (χ1v) is 9.69. The molecule has 1 fully saturated rings. The van der Waals surface area contributed by atoms with Crippen LogP contribution >= 0.6 is 0 Å². The molecular formula is C21H33N3O3. The van der Waals surface area contributed by atoms with Crippen LogP contribution in [0.1, 0.15) is 43.6 Å². The second kappa shape index (κ2) is 9.33. The molecule has 0 aliphatic carbocycles. The molecule has 0 spiro atoms. The largest absolute Gasteiger partial charge is 0.379 e. The lowest BCUT2D eigenvalue weighted by Crippen LogP contribution is -2.58. The molecular weight excluding hydrogens is 342 g/mol. The third-order valence-corrected chi connectivity index (χ3v) is 5.11. The lowest BCUT2D eigenvalue weighted by molar-refractivity contribution is -0.124. The molecule has 0 radical (unpaired) electrons. The molecule has 1 atom stereocenters. The van der Waals surface area contributed by atoms with Crippen LogP contribution in [0, 0.1) is 12.8 Å². The number of nitrogens with one attached hydrogen (secondary N) is 2. The van der Waals surface area contributed by atoms with E-state index < -0.39 is 6.04 Å². The summed E-state index contributed by atoms with van der Waals surface area (Å²) in [6, 6.07) is 6.77. The van der Waals surface area contributed by atoms with Crippen molar-refractivity contribution < 1.29 is 14.3 Å². The summed E-state index contributed by atoms with van der Waals surface area (Å²) in [6.45, 7) is 13.8. The zero-order valence-electron chi connectivity index (χ0n) is 17.2. The molecule has 1 aromatic carbocycles. The maximum atomic E-state index is 12.8. The number of rotatable bonds is 7. The highest BCUT2D eigenvalue weighted by Crippen LogP contribution is 2.15. The number of carbonyl (C=O) groups excluding carboxylic acids is 2. The molecule has 1 saturated heterocycles. The molecule has 0 aromatic heterocycles. The molecule has 2 rings (SSSR count). The SMILES string of the molecule is Cc1ccc(C(=O)N[C@H](C(=O)NCC(C)(C)N2CCOCC2)C(C)C)cc1. The number of hydrogen-bond donors (Lipinski definition) is 2. The number of hydrogen-bond acceptors (Lipinski definition) is 4. The molecule has 6 nitrogen and oxygen atoms in total. The Labute approximate surface area is 162 Å². The quantitative estimate of drug-likeness (QED) is 0.764. The van der Waals surface area contributed by atoms with Crippen LogP contribution in [-0.4, -0.2) is 61.1 Å². The number of ether oxygens (including phenoxy) is 1. The van der Waals surface area contributed by atoms with Crippen LogP contribution in [0.15, 0.2) is 24.3 Å². The average Bonchev–Trinajstić information content (AvgIpc) is 2.65. The van der Waals surface area contributed by atoms with E-state index in [1.54, 1.807) is 12.1 Å². The van der Waals surface area contributed by atoms with Crippen molar-refractivity contribution in [3.8, 4) is 0 Å². The molecule has 1 heterocycles. The Hall–Kier alpha value is -1.92. The molecule has 0 unspecified atom stereocenters. The first kappa shape index (κ1) is 21.4. The van der Waals surface area contributed by atoms with Crippen LogP contribution in [0.3, 0.4) is 0 Å². The van der Waals surface area contributed by atoms with Crippen LogP contribution in [-0.2, 0) is 9.53 Å². The fourth-order valence-electron chi connectivity index (χ4n) is 3.16. The fraction of sp³-hybridized carbons (Fsp3) is 0.619. The van der Waals surface area contributed by atoms with E-state index in [0.29, 0.717) is 12.1 Å². The number of carbonyl (C=O) groups is 2. The molecule has 150 valence electrons. The standard InChI is InChI=1S/C21H33N3O3/c1-15(2)18(23-19(25)17-8-6-16(3)7-9-17)20(26)22-14-21(4,5)24-10-12-27-13-11-24/h6-9,15,18H,10-14H2,1-5H3,(H,22,26)(H,23,25)/t18-/m0/s1. The van der Waals surface area contributed by atoms with Crippen LogP contribution in [0.4, 0.5) is 0 Å². The summed E-state index contributed by atoms with van der Waals surface area (Å²) in [4.78, 5) is 27.6. The van der Waals surface area contributed by atoms with E-state index in [9.17, 15) is 9.59 Å². The predicted molar refractivity (Wildman–Crippen MR) is 107 cm³/mol. The minimum Gasteiger partial charge on any atom is -0.379 e. The smallest absolute Gasteiger partial charge is 0.251 e. The van der Waals surface area contributed by atoms with E-state index in [4.69, 9.17) is 4.74 Å².